The lowest BCUT2D eigenvalue weighted by Gasteiger charge is -2.41. The largest absolute Gasteiger partial charge is 0.390 e. The van der Waals surface area contributed by atoms with Crippen molar-refractivity contribution in [2.75, 3.05) is 39.3 Å². The first kappa shape index (κ1) is 22.2. The summed E-state index contributed by atoms with van der Waals surface area (Å²) in [5, 5.41) is 2.78. The van der Waals surface area contributed by atoms with Crippen LogP contribution in [-0.2, 0) is 9.53 Å². The summed E-state index contributed by atoms with van der Waals surface area (Å²) in [6, 6.07) is -0.583. The summed E-state index contributed by atoms with van der Waals surface area (Å²) in [7, 11) is 0. The number of hydrogen-bond donors (Lipinski definition) is 1. The second-order valence-electron chi connectivity index (χ2n) is 7.24. The molecule has 1 N–H and O–H groups in total. The zero-order valence-electron chi connectivity index (χ0n) is 15.7. The maximum Gasteiger partial charge on any atom is 0.390 e. The summed E-state index contributed by atoms with van der Waals surface area (Å²) >= 11 is 0. The number of nitrogens with one attached hydrogen (secondary N) is 1. The van der Waals surface area contributed by atoms with Gasteiger partial charge in [0.05, 0.1) is 19.1 Å². The minimum absolute atomic E-state index is 0.0284. The van der Waals surface area contributed by atoms with E-state index in [1.54, 1.807) is 0 Å². The lowest BCUT2D eigenvalue weighted by Crippen LogP contribution is -2.56. The molecule has 1 saturated heterocycles. The van der Waals surface area contributed by atoms with Gasteiger partial charge in [-0.2, -0.15) is 13.2 Å². The van der Waals surface area contributed by atoms with Gasteiger partial charge in [-0.1, -0.05) is 0 Å². The Morgan fingerprint density at radius 2 is 1.92 bits per heavy atom. The molecule has 0 saturated carbocycles. The van der Waals surface area contributed by atoms with Gasteiger partial charge in [-0.15, -0.1) is 0 Å². The van der Waals surface area contributed by atoms with Crippen molar-refractivity contribution in [3.63, 3.8) is 0 Å². The van der Waals surface area contributed by atoms with Crippen LogP contribution >= 0.6 is 0 Å². The highest BCUT2D eigenvalue weighted by molar-refractivity contribution is 5.78. The van der Waals surface area contributed by atoms with Crippen molar-refractivity contribution in [2.24, 2.45) is 0 Å². The third-order valence-electron chi connectivity index (χ3n) is 4.01. The van der Waals surface area contributed by atoms with Crippen LogP contribution in [0.5, 0.6) is 0 Å². The van der Waals surface area contributed by atoms with Gasteiger partial charge >= 0.3 is 6.18 Å². The van der Waals surface area contributed by atoms with Crippen molar-refractivity contribution in [3.8, 4) is 0 Å². The predicted molar refractivity (Wildman–Crippen MR) is 91.5 cm³/mol. The topological polar surface area (TPSA) is 44.8 Å². The molecule has 1 aliphatic heterocycles. The molecule has 1 amide bonds. The Balaban J connectivity index is 2.54. The van der Waals surface area contributed by atoms with Gasteiger partial charge in [-0.05, 0) is 34.1 Å². The van der Waals surface area contributed by atoms with E-state index >= 15 is 0 Å². The minimum atomic E-state index is -4.21. The number of nitrogens with zero attached hydrogens (tertiary/aromatic N) is 2. The van der Waals surface area contributed by atoms with E-state index in [1.165, 1.54) is 0 Å². The van der Waals surface area contributed by atoms with Crippen LogP contribution in [0.2, 0.25) is 0 Å². The molecule has 1 fully saturated rings. The van der Waals surface area contributed by atoms with E-state index in [1.807, 2.05) is 37.5 Å². The Bertz CT molecular complexity index is 403. The normalized spacial score (nSPS) is 20.4. The van der Waals surface area contributed by atoms with Gasteiger partial charge in [-0.3, -0.25) is 14.6 Å². The Labute approximate surface area is 148 Å². The second-order valence-corrected chi connectivity index (χ2v) is 7.24. The number of piperazine rings is 1. The molecule has 1 atom stereocenters. The first-order valence-corrected chi connectivity index (χ1v) is 9.01. The van der Waals surface area contributed by atoms with Crippen molar-refractivity contribution in [1.29, 1.82) is 0 Å². The first-order valence-electron chi connectivity index (χ1n) is 9.01. The summed E-state index contributed by atoms with van der Waals surface area (Å²) < 4.78 is 44.2. The van der Waals surface area contributed by atoms with Crippen LogP contribution in [0.1, 0.15) is 40.5 Å². The monoisotopic (exact) mass is 367 g/mol. The Kier molecular flexibility index (Phi) is 9.16. The second kappa shape index (κ2) is 10.3. The lowest BCUT2D eigenvalue weighted by molar-refractivity contribution is -0.153. The number of amides is 1. The lowest BCUT2D eigenvalue weighted by atomic mass is 10.1. The molecule has 8 heteroatoms. The molecule has 5 nitrogen and oxygen atoms in total. The molecule has 1 heterocycles. The summed E-state index contributed by atoms with van der Waals surface area (Å²) in [5.74, 6) is -0.139. The van der Waals surface area contributed by atoms with Crippen LogP contribution in [0, 0.1) is 0 Å². The minimum Gasteiger partial charge on any atom is -0.379 e. The molecule has 148 valence electrons. The molecule has 0 aliphatic carbocycles. The molecule has 1 aliphatic rings. The molecule has 0 radical (unpaired) electrons. The Morgan fingerprint density at radius 3 is 2.48 bits per heavy atom. The van der Waals surface area contributed by atoms with E-state index in [4.69, 9.17) is 4.74 Å². The van der Waals surface area contributed by atoms with Crippen LogP contribution in [0.15, 0.2) is 0 Å². The van der Waals surface area contributed by atoms with Crippen molar-refractivity contribution in [3.05, 3.63) is 0 Å². The van der Waals surface area contributed by atoms with E-state index in [9.17, 15) is 18.0 Å². The van der Waals surface area contributed by atoms with Crippen molar-refractivity contribution < 1.29 is 22.7 Å². The molecule has 0 aromatic rings. The van der Waals surface area contributed by atoms with Crippen LogP contribution in [0.25, 0.3) is 0 Å². The molecule has 0 aromatic carbocycles. The average Bonchev–Trinajstić information content (AvgIpc) is 2.42. The first-order chi connectivity index (χ1) is 11.6. The fraction of sp³-hybridized carbons (Fsp3) is 0.941. The standard InChI is InChI=1S/C17H32F3N3O2/c1-13(2)21-16(24)12-22-7-8-23(6-5-9-25-14(3)4)15(11-22)10-17(18,19)20/h13-15H,5-12H2,1-4H3,(H,21,24). The Hall–Kier alpha value is -0.860. The number of hydrogen-bond acceptors (Lipinski definition) is 4. The fourth-order valence-electron chi connectivity index (χ4n) is 3.01. The molecule has 0 aromatic heterocycles. The number of halogens is 3. The van der Waals surface area contributed by atoms with Gasteiger partial charge in [-0.25, -0.2) is 0 Å². The maximum absolute atomic E-state index is 12.9. The van der Waals surface area contributed by atoms with Crippen molar-refractivity contribution >= 4 is 5.91 Å². The van der Waals surface area contributed by atoms with Gasteiger partial charge < -0.3 is 10.1 Å². The quantitative estimate of drug-likeness (QED) is 0.635. The van der Waals surface area contributed by atoms with E-state index < -0.39 is 18.6 Å². The molecule has 0 bridgehead atoms. The highest BCUT2D eigenvalue weighted by Crippen LogP contribution is 2.26. The fourth-order valence-corrected chi connectivity index (χ4v) is 3.01. The molecule has 25 heavy (non-hydrogen) atoms. The SMILES string of the molecule is CC(C)NC(=O)CN1CCN(CCCOC(C)C)C(CC(F)(F)F)C1. The molecule has 1 rings (SSSR count). The number of rotatable bonds is 9. The smallest absolute Gasteiger partial charge is 0.379 e. The van der Waals surface area contributed by atoms with E-state index in [0.717, 1.165) is 0 Å². The maximum atomic E-state index is 12.9. The zero-order valence-corrected chi connectivity index (χ0v) is 15.7. The Morgan fingerprint density at radius 1 is 1.24 bits per heavy atom. The van der Waals surface area contributed by atoms with Gasteiger partial charge in [0.15, 0.2) is 0 Å². The molecule has 0 spiro atoms. The number of ether oxygens (including phenoxy) is 1. The van der Waals surface area contributed by atoms with Crippen LogP contribution in [0.4, 0.5) is 13.2 Å². The number of alkyl halides is 3. The summed E-state index contributed by atoms with van der Waals surface area (Å²) in [5.41, 5.74) is 0. The molecule has 1 unspecified atom stereocenters. The van der Waals surface area contributed by atoms with E-state index in [0.29, 0.717) is 32.7 Å². The third-order valence-corrected chi connectivity index (χ3v) is 4.01. The average molecular weight is 367 g/mol. The molecular weight excluding hydrogens is 335 g/mol. The molecular formula is C17H32F3N3O2. The summed E-state index contributed by atoms with van der Waals surface area (Å²) in [6.07, 6.45) is -4.22. The van der Waals surface area contributed by atoms with Gasteiger partial charge in [0.2, 0.25) is 5.91 Å². The third kappa shape index (κ3) is 10.0. The number of carbonyl (C=O) groups excluding carboxylic acids is 1. The van der Waals surface area contributed by atoms with E-state index in [2.05, 4.69) is 5.32 Å². The zero-order chi connectivity index (χ0) is 19.0. The van der Waals surface area contributed by atoms with Gasteiger partial charge in [0.25, 0.3) is 0 Å². The van der Waals surface area contributed by atoms with Crippen molar-refractivity contribution in [2.45, 2.75) is 64.9 Å². The van der Waals surface area contributed by atoms with E-state index in [-0.39, 0.29) is 31.1 Å². The predicted octanol–water partition coefficient (Wildman–Crippen LogP) is 2.26. The summed E-state index contributed by atoms with van der Waals surface area (Å²) in [6.45, 7) is 10.3. The van der Waals surface area contributed by atoms with Gasteiger partial charge in [0, 0.05) is 44.9 Å². The van der Waals surface area contributed by atoms with Crippen LogP contribution in [0.3, 0.4) is 0 Å². The van der Waals surface area contributed by atoms with Crippen molar-refractivity contribution in [1.82, 2.24) is 15.1 Å². The van der Waals surface area contributed by atoms with Crippen LogP contribution < -0.4 is 5.32 Å². The van der Waals surface area contributed by atoms with Gasteiger partial charge in [0.1, 0.15) is 0 Å². The van der Waals surface area contributed by atoms with Crippen LogP contribution in [-0.4, -0.2) is 79.4 Å². The highest BCUT2D eigenvalue weighted by atomic mass is 19.4. The summed E-state index contributed by atoms with van der Waals surface area (Å²) in [4.78, 5) is 15.6. The highest BCUT2D eigenvalue weighted by Gasteiger charge is 2.37. The number of carbonyl (C=O) groups is 1.